The van der Waals surface area contributed by atoms with E-state index < -0.39 is 5.41 Å². The summed E-state index contributed by atoms with van der Waals surface area (Å²) in [5.41, 5.74) is 5.83. The van der Waals surface area contributed by atoms with E-state index in [2.05, 4.69) is 34.7 Å². The molecule has 2 aliphatic carbocycles. The molecular weight excluding hydrogens is 426 g/mol. The predicted molar refractivity (Wildman–Crippen MR) is 134 cm³/mol. The molecule has 2 aliphatic rings. The van der Waals surface area contributed by atoms with E-state index in [1.807, 2.05) is 24.3 Å². The number of nitrogens with zero attached hydrogens (tertiary/aromatic N) is 1. The van der Waals surface area contributed by atoms with Gasteiger partial charge in [-0.2, -0.15) is 0 Å². The average Bonchev–Trinajstić information content (AvgIpc) is 3.11. The Morgan fingerprint density at radius 1 is 1.09 bits per heavy atom. The first kappa shape index (κ1) is 25.6. The Kier molecular flexibility index (Phi) is 9.40. The van der Waals surface area contributed by atoms with Gasteiger partial charge in [-0.1, -0.05) is 74.2 Å². The Labute approximate surface area is 203 Å². The van der Waals surface area contributed by atoms with Crippen LogP contribution in [0.1, 0.15) is 63.9 Å². The van der Waals surface area contributed by atoms with Gasteiger partial charge >= 0.3 is 5.97 Å². The van der Waals surface area contributed by atoms with Crippen molar-refractivity contribution >= 4 is 17.7 Å². The Morgan fingerprint density at radius 2 is 1.76 bits per heavy atom. The van der Waals surface area contributed by atoms with E-state index in [0.29, 0.717) is 11.7 Å². The molecule has 6 nitrogen and oxygen atoms in total. The zero-order valence-corrected chi connectivity index (χ0v) is 20.3. The summed E-state index contributed by atoms with van der Waals surface area (Å²) in [5.74, 6) is 0.793. The Morgan fingerprint density at radius 3 is 2.32 bits per heavy atom. The molecule has 182 valence electrons. The van der Waals surface area contributed by atoms with Crippen LogP contribution in [-0.4, -0.2) is 29.5 Å². The highest BCUT2D eigenvalue weighted by Crippen LogP contribution is 2.43. The molecule has 0 spiro atoms. The molecule has 2 aromatic rings. The lowest BCUT2D eigenvalue weighted by atomic mass is 9.72. The van der Waals surface area contributed by atoms with Gasteiger partial charge < -0.3 is 15.8 Å². The monoisotopic (exact) mass is 464 g/mol. The van der Waals surface area contributed by atoms with Gasteiger partial charge in [0.1, 0.15) is 11.9 Å². The minimum Gasteiger partial charge on any atom is -0.461 e. The molecular formula is C28H38N3O3+. The number of carbonyl (C=O) groups excluding carboxylic acids is 2. The van der Waals surface area contributed by atoms with Crippen LogP contribution in [0, 0.1) is 5.92 Å². The van der Waals surface area contributed by atoms with Crippen LogP contribution in [-0.2, 0) is 19.7 Å². The lowest BCUT2D eigenvalue weighted by Crippen LogP contribution is -2.53. The first-order valence-corrected chi connectivity index (χ1v) is 12.4. The predicted octanol–water partition coefficient (Wildman–Crippen LogP) is 4.44. The SMILES string of the molecule is C=C1CC(OC(=O)C2(c3ccccc3)CCCCCC2)C1CC[NH3+].CC(=O)Nc1ccccn1. The number of carbonyl (C=O) groups is 2. The van der Waals surface area contributed by atoms with Crippen molar-refractivity contribution in [1.82, 2.24) is 4.98 Å². The molecule has 4 N–H and O–H groups in total. The van der Waals surface area contributed by atoms with Crippen molar-refractivity contribution < 1.29 is 20.1 Å². The zero-order valence-electron chi connectivity index (χ0n) is 20.3. The summed E-state index contributed by atoms with van der Waals surface area (Å²) in [4.78, 5) is 27.6. The third kappa shape index (κ3) is 6.54. The quantitative estimate of drug-likeness (QED) is 0.375. The van der Waals surface area contributed by atoms with Gasteiger partial charge in [0.25, 0.3) is 0 Å². The normalized spacial score (nSPS) is 21.2. The van der Waals surface area contributed by atoms with E-state index in [0.717, 1.165) is 50.6 Å². The van der Waals surface area contributed by atoms with Crippen LogP contribution in [0.15, 0.2) is 66.9 Å². The number of rotatable bonds is 6. The summed E-state index contributed by atoms with van der Waals surface area (Å²) >= 11 is 0. The maximum atomic E-state index is 13.3. The number of hydrogen-bond donors (Lipinski definition) is 2. The second-order valence-corrected chi connectivity index (χ2v) is 9.31. The lowest BCUT2D eigenvalue weighted by Gasteiger charge is -2.41. The number of pyridine rings is 1. The summed E-state index contributed by atoms with van der Waals surface area (Å²) in [7, 11) is 0. The molecule has 2 saturated carbocycles. The van der Waals surface area contributed by atoms with Gasteiger partial charge in [-0.3, -0.25) is 9.59 Å². The second kappa shape index (κ2) is 12.5. The number of esters is 1. The maximum Gasteiger partial charge on any atom is 0.316 e. The second-order valence-electron chi connectivity index (χ2n) is 9.31. The molecule has 2 fully saturated rings. The first-order valence-electron chi connectivity index (χ1n) is 12.4. The molecule has 2 atom stereocenters. The van der Waals surface area contributed by atoms with Crippen LogP contribution in [0.2, 0.25) is 0 Å². The smallest absolute Gasteiger partial charge is 0.316 e. The number of hydrogen-bond acceptors (Lipinski definition) is 4. The van der Waals surface area contributed by atoms with Gasteiger partial charge in [0.2, 0.25) is 5.91 Å². The van der Waals surface area contributed by atoms with Crippen molar-refractivity contribution in [2.45, 2.75) is 69.8 Å². The molecule has 34 heavy (non-hydrogen) atoms. The first-order chi connectivity index (χ1) is 16.5. The van der Waals surface area contributed by atoms with Gasteiger partial charge in [0, 0.05) is 31.9 Å². The number of quaternary nitrogens is 1. The van der Waals surface area contributed by atoms with E-state index in [1.165, 1.54) is 25.3 Å². The summed E-state index contributed by atoms with van der Waals surface area (Å²) in [5, 5.41) is 2.55. The maximum absolute atomic E-state index is 13.3. The molecule has 6 heteroatoms. The fraction of sp³-hybridized carbons (Fsp3) is 0.464. The number of anilines is 1. The van der Waals surface area contributed by atoms with Crippen LogP contribution >= 0.6 is 0 Å². The van der Waals surface area contributed by atoms with Crippen molar-refractivity contribution in [2.75, 3.05) is 11.9 Å². The summed E-state index contributed by atoms with van der Waals surface area (Å²) in [6, 6.07) is 15.6. The number of benzene rings is 1. The fourth-order valence-electron chi connectivity index (χ4n) is 4.96. The van der Waals surface area contributed by atoms with Crippen molar-refractivity contribution in [2.24, 2.45) is 5.92 Å². The highest BCUT2D eigenvalue weighted by molar-refractivity contribution is 5.87. The third-order valence-electron chi connectivity index (χ3n) is 6.85. The molecule has 1 aromatic carbocycles. The van der Waals surface area contributed by atoms with Crippen molar-refractivity contribution in [3.63, 3.8) is 0 Å². The fourth-order valence-corrected chi connectivity index (χ4v) is 4.96. The summed E-state index contributed by atoms with van der Waals surface area (Å²) < 4.78 is 6.05. The van der Waals surface area contributed by atoms with E-state index >= 15 is 0 Å². The zero-order chi connectivity index (χ0) is 24.4. The van der Waals surface area contributed by atoms with E-state index in [9.17, 15) is 9.59 Å². The van der Waals surface area contributed by atoms with Gasteiger partial charge in [-0.15, -0.1) is 0 Å². The Balaban J connectivity index is 0.000000271. The van der Waals surface area contributed by atoms with E-state index in [-0.39, 0.29) is 18.0 Å². The highest BCUT2D eigenvalue weighted by Gasteiger charge is 2.45. The van der Waals surface area contributed by atoms with Crippen molar-refractivity contribution in [1.29, 1.82) is 0 Å². The molecule has 0 bridgehead atoms. The summed E-state index contributed by atoms with van der Waals surface area (Å²) in [6.07, 6.45) is 9.87. The van der Waals surface area contributed by atoms with Crippen LogP contribution in [0.3, 0.4) is 0 Å². The molecule has 0 radical (unpaired) electrons. The van der Waals surface area contributed by atoms with Gasteiger partial charge in [0.15, 0.2) is 0 Å². The van der Waals surface area contributed by atoms with Crippen LogP contribution < -0.4 is 11.1 Å². The summed E-state index contributed by atoms with van der Waals surface area (Å²) in [6.45, 7) is 6.42. The third-order valence-corrected chi connectivity index (χ3v) is 6.85. The standard InChI is InChI=1S/C21H29NO2.C7H8N2O/c1-16-15-19(18(16)11-14-22)24-20(23)21(12-7-2-3-8-13-21)17-9-5-4-6-10-17;1-6(10)9-7-4-2-3-5-8-7/h4-6,9-10,18-19H,1-3,7-8,11-15,22H2;2-5H,1H3,(H,8,9,10)/p+1. The van der Waals surface area contributed by atoms with E-state index in [4.69, 9.17) is 4.74 Å². The van der Waals surface area contributed by atoms with E-state index in [1.54, 1.807) is 18.3 Å². The number of ether oxygens (including phenoxy) is 1. The van der Waals surface area contributed by atoms with Crippen LogP contribution in [0.4, 0.5) is 5.82 Å². The topological polar surface area (TPSA) is 95.9 Å². The molecule has 1 aromatic heterocycles. The van der Waals surface area contributed by atoms with Crippen LogP contribution in [0.25, 0.3) is 0 Å². The number of aromatic nitrogens is 1. The number of amides is 1. The molecule has 0 saturated heterocycles. The van der Waals surface area contributed by atoms with Gasteiger partial charge in [-0.05, 0) is 30.5 Å². The molecule has 1 amide bonds. The average molecular weight is 465 g/mol. The number of nitrogens with one attached hydrogen (secondary N) is 1. The molecule has 1 heterocycles. The highest BCUT2D eigenvalue weighted by atomic mass is 16.5. The van der Waals surface area contributed by atoms with Gasteiger partial charge in [0.05, 0.1) is 12.0 Å². The minimum absolute atomic E-state index is 0.00981. The van der Waals surface area contributed by atoms with Crippen molar-refractivity contribution in [3.8, 4) is 0 Å². The Hall–Kier alpha value is -2.99. The molecule has 2 unspecified atom stereocenters. The van der Waals surface area contributed by atoms with Gasteiger partial charge in [-0.25, -0.2) is 4.98 Å². The molecule has 0 aliphatic heterocycles. The Bertz CT molecular complexity index is 938. The van der Waals surface area contributed by atoms with Crippen molar-refractivity contribution in [3.05, 3.63) is 72.4 Å². The molecule has 4 rings (SSSR count). The minimum atomic E-state index is -0.455. The van der Waals surface area contributed by atoms with Crippen LogP contribution in [0.5, 0.6) is 0 Å². The lowest BCUT2D eigenvalue weighted by molar-refractivity contribution is -0.371. The largest absolute Gasteiger partial charge is 0.461 e.